The van der Waals surface area contributed by atoms with Crippen molar-refractivity contribution >= 4 is 0 Å². The summed E-state index contributed by atoms with van der Waals surface area (Å²) in [7, 11) is 0. The first kappa shape index (κ1) is 12.3. The average Bonchev–Trinajstić information content (AvgIpc) is 2.86. The number of aliphatic hydroxyl groups excluding tert-OH is 1. The van der Waals surface area contributed by atoms with Gasteiger partial charge in [-0.1, -0.05) is 12.1 Å². The van der Waals surface area contributed by atoms with E-state index in [0.717, 1.165) is 25.5 Å². The number of benzene rings is 1. The number of hydrogen-bond donors (Lipinski definition) is 1. The lowest BCUT2D eigenvalue weighted by atomic mass is 10.1. The second-order valence-corrected chi connectivity index (χ2v) is 4.84. The molecule has 0 saturated heterocycles. The van der Waals surface area contributed by atoms with Gasteiger partial charge >= 0.3 is 0 Å². The molecule has 0 bridgehead atoms. The summed E-state index contributed by atoms with van der Waals surface area (Å²) in [4.78, 5) is 6.42. The molecule has 19 heavy (non-hydrogen) atoms. The van der Waals surface area contributed by atoms with E-state index >= 15 is 0 Å². The first-order valence-electron chi connectivity index (χ1n) is 6.38. The van der Waals surface area contributed by atoms with E-state index in [9.17, 15) is 9.50 Å². The zero-order valence-corrected chi connectivity index (χ0v) is 10.5. The van der Waals surface area contributed by atoms with Crippen LogP contribution >= 0.6 is 0 Å². The SMILES string of the molecule is O[C@H](CN1CCn2ccnc2C1)c1cccc(F)c1. The lowest BCUT2D eigenvalue weighted by Crippen LogP contribution is -2.36. The summed E-state index contributed by atoms with van der Waals surface area (Å²) in [6, 6.07) is 6.14. The van der Waals surface area contributed by atoms with Gasteiger partial charge in [-0.15, -0.1) is 0 Å². The molecular formula is C14H16FN3O. The maximum Gasteiger partial charge on any atom is 0.123 e. The molecule has 4 nitrogen and oxygen atoms in total. The first-order valence-corrected chi connectivity index (χ1v) is 6.38. The van der Waals surface area contributed by atoms with Gasteiger partial charge < -0.3 is 9.67 Å². The fraction of sp³-hybridized carbons (Fsp3) is 0.357. The molecule has 0 fully saturated rings. The molecule has 3 rings (SSSR count). The minimum absolute atomic E-state index is 0.314. The lowest BCUT2D eigenvalue weighted by molar-refractivity contribution is 0.0960. The molecule has 0 saturated carbocycles. The Morgan fingerprint density at radius 2 is 2.26 bits per heavy atom. The highest BCUT2D eigenvalue weighted by Gasteiger charge is 2.19. The van der Waals surface area contributed by atoms with Crippen LogP contribution in [0.1, 0.15) is 17.5 Å². The summed E-state index contributed by atoms with van der Waals surface area (Å²) < 4.78 is 15.2. The molecule has 1 aromatic carbocycles. The molecular weight excluding hydrogens is 245 g/mol. The standard InChI is InChI=1S/C14H16FN3O/c15-12-3-1-2-11(8-12)13(19)9-17-6-7-18-5-4-16-14(18)10-17/h1-5,8,13,19H,6-7,9-10H2/t13-/m1/s1. The van der Waals surface area contributed by atoms with E-state index in [0.29, 0.717) is 12.1 Å². The van der Waals surface area contributed by atoms with Crippen molar-refractivity contribution in [1.29, 1.82) is 0 Å². The number of aliphatic hydroxyl groups is 1. The van der Waals surface area contributed by atoms with Crippen LogP contribution in [0.5, 0.6) is 0 Å². The quantitative estimate of drug-likeness (QED) is 0.912. The molecule has 1 N–H and O–H groups in total. The second kappa shape index (κ2) is 5.11. The van der Waals surface area contributed by atoms with Crippen LogP contribution in [0.3, 0.4) is 0 Å². The van der Waals surface area contributed by atoms with E-state index in [-0.39, 0.29) is 5.82 Å². The number of hydrogen-bond acceptors (Lipinski definition) is 3. The minimum atomic E-state index is -0.669. The Hall–Kier alpha value is -1.72. The third kappa shape index (κ3) is 2.67. The van der Waals surface area contributed by atoms with Crippen LogP contribution in [0.25, 0.3) is 0 Å². The number of aromatic nitrogens is 2. The van der Waals surface area contributed by atoms with E-state index in [2.05, 4.69) is 14.5 Å². The highest BCUT2D eigenvalue weighted by molar-refractivity contribution is 5.19. The number of rotatable bonds is 3. The van der Waals surface area contributed by atoms with Crippen molar-refractivity contribution in [3.63, 3.8) is 0 Å². The van der Waals surface area contributed by atoms with Crippen LogP contribution in [0.2, 0.25) is 0 Å². The molecule has 1 aliphatic rings. The molecule has 5 heteroatoms. The molecule has 0 radical (unpaired) electrons. The summed E-state index contributed by atoms with van der Waals surface area (Å²) in [5.41, 5.74) is 0.619. The number of imidazole rings is 1. The number of fused-ring (bicyclic) bond motifs is 1. The monoisotopic (exact) mass is 261 g/mol. The Bertz CT molecular complexity index is 569. The molecule has 100 valence electrons. The fourth-order valence-electron chi connectivity index (χ4n) is 2.44. The molecule has 0 unspecified atom stereocenters. The molecule has 1 aliphatic heterocycles. The first-order chi connectivity index (χ1) is 9.22. The molecule has 2 aromatic rings. The van der Waals surface area contributed by atoms with Gasteiger partial charge in [-0.2, -0.15) is 0 Å². The van der Waals surface area contributed by atoms with Gasteiger partial charge in [0.15, 0.2) is 0 Å². The Kier molecular flexibility index (Phi) is 3.31. The highest BCUT2D eigenvalue weighted by atomic mass is 19.1. The van der Waals surface area contributed by atoms with Crippen molar-refractivity contribution in [2.24, 2.45) is 0 Å². The van der Waals surface area contributed by atoms with Crippen molar-refractivity contribution < 1.29 is 9.50 Å². The third-order valence-electron chi connectivity index (χ3n) is 3.49. The zero-order valence-electron chi connectivity index (χ0n) is 10.5. The number of nitrogens with zero attached hydrogens (tertiary/aromatic N) is 3. The van der Waals surface area contributed by atoms with Gasteiger partial charge in [0.2, 0.25) is 0 Å². The van der Waals surface area contributed by atoms with E-state index in [1.165, 1.54) is 12.1 Å². The lowest BCUT2D eigenvalue weighted by Gasteiger charge is -2.29. The molecule has 0 aliphatic carbocycles. The van der Waals surface area contributed by atoms with E-state index in [1.807, 2.05) is 6.20 Å². The van der Waals surface area contributed by atoms with Crippen LogP contribution in [-0.4, -0.2) is 32.6 Å². The number of β-amino-alcohol motifs (C(OH)–C–C–N with tert-alkyl or cyclic N) is 1. The highest BCUT2D eigenvalue weighted by Crippen LogP contribution is 2.18. The van der Waals surface area contributed by atoms with Crippen LogP contribution in [-0.2, 0) is 13.1 Å². The predicted octanol–water partition coefficient (Wildman–Crippen LogP) is 1.57. The Balaban J connectivity index is 1.66. The van der Waals surface area contributed by atoms with Crippen molar-refractivity contribution in [2.75, 3.05) is 13.1 Å². The van der Waals surface area contributed by atoms with Crippen LogP contribution < -0.4 is 0 Å². The topological polar surface area (TPSA) is 41.3 Å². The van der Waals surface area contributed by atoms with Crippen LogP contribution in [0.15, 0.2) is 36.7 Å². The van der Waals surface area contributed by atoms with E-state index in [4.69, 9.17) is 0 Å². The van der Waals surface area contributed by atoms with Gasteiger partial charge in [0, 0.05) is 32.0 Å². The molecule has 0 spiro atoms. The van der Waals surface area contributed by atoms with Crippen LogP contribution in [0.4, 0.5) is 4.39 Å². The Morgan fingerprint density at radius 3 is 3.11 bits per heavy atom. The van der Waals surface area contributed by atoms with Crippen molar-refractivity contribution in [3.8, 4) is 0 Å². The van der Waals surface area contributed by atoms with Gasteiger partial charge in [-0.25, -0.2) is 9.37 Å². The minimum Gasteiger partial charge on any atom is -0.387 e. The summed E-state index contributed by atoms with van der Waals surface area (Å²) in [5, 5.41) is 10.2. The number of halogens is 1. The zero-order chi connectivity index (χ0) is 13.2. The fourth-order valence-corrected chi connectivity index (χ4v) is 2.44. The summed E-state index contributed by atoms with van der Waals surface area (Å²) in [6.45, 7) is 2.97. The average molecular weight is 261 g/mol. The molecule has 1 atom stereocenters. The van der Waals surface area contributed by atoms with Gasteiger partial charge in [-0.05, 0) is 17.7 Å². The maximum absolute atomic E-state index is 13.1. The van der Waals surface area contributed by atoms with Crippen LogP contribution in [0, 0.1) is 5.82 Å². The maximum atomic E-state index is 13.1. The summed E-state index contributed by atoms with van der Waals surface area (Å²) >= 11 is 0. The molecule has 1 aromatic heterocycles. The second-order valence-electron chi connectivity index (χ2n) is 4.84. The normalized spacial score (nSPS) is 17.2. The third-order valence-corrected chi connectivity index (χ3v) is 3.49. The van der Waals surface area contributed by atoms with Crippen molar-refractivity contribution in [1.82, 2.24) is 14.5 Å². The molecule has 2 heterocycles. The van der Waals surface area contributed by atoms with Gasteiger partial charge in [0.1, 0.15) is 11.6 Å². The Labute approximate surface area is 111 Å². The van der Waals surface area contributed by atoms with Gasteiger partial charge in [-0.3, -0.25) is 4.90 Å². The van der Waals surface area contributed by atoms with Crippen molar-refractivity contribution in [3.05, 3.63) is 53.9 Å². The largest absolute Gasteiger partial charge is 0.387 e. The summed E-state index contributed by atoms with van der Waals surface area (Å²) in [5.74, 6) is 0.698. The van der Waals surface area contributed by atoms with Crippen molar-refractivity contribution in [2.45, 2.75) is 19.2 Å². The summed E-state index contributed by atoms with van der Waals surface area (Å²) in [6.07, 6.45) is 3.09. The van der Waals surface area contributed by atoms with Gasteiger partial charge in [0.05, 0.1) is 12.6 Å². The van der Waals surface area contributed by atoms with E-state index < -0.39 is 6.10 Å². The molecule has 0 amide bonds. The smallest absolute Gasteiger partial charge is 0.123 e. The predicted molar refractivity (Wildman–Crippen MR) is 68.9 cm³/mol. The Morgan fingerprint density at radius 1 is 1.37 bits per heavy atom. The van der Waals surface area contributed by atoms with Gasteiger partial charge in [0.25, 0.3) is 0 Å². The van der Waals surface area contributed by atoms with E-state index in [1.54, 1.807) is 18.3 Å².